The van der Waals surface area contributed by atoms with Gasteiger partial charge in [0.25, 0.3) is 5.91 Å². The Balaban J connectivity index is 1.75. The maximum Gasteiger partial charge on any atom is 0.255 e. The van der Waals surface area contributed by atoms with Crippen molar-refractivity contribution < 1.29 is 4.79 Å². The van der Waals surface area contributed by atoms with E-state index in [1.54, 1.807) is 0 Å². The second kappa shape index (κ2) is 7.36. The van der Waals surface area contributed by atoms with Gasteiger partial charge in [-0.2, -0.15) is 0 Å². The van der Waals surface area contributed by atoms with Crippen molar-refractivity contribution in [3.8, 4) is 0 Å². The van der Waals surface area contributed by atoms with Crippen molar-refractivity contribution in [2.75, 3.05) is 6.54 Å². The molecule has 0 spiro atoms. The average Bonchev–Trinajstić information content (AvgIpc) is 2.67. The molecule has 0 radical (unpaired) electrons. The van der Waals surface area contributed by atoms with Gasteiger partial charge in [-0.25, -0.2) is 0 Å². The van der Waals surface area contributed by atoms with Crippen LogP contribution in [0.1, 0.15) is 54.1 Å². The van der Waals surface area contributed by atoms with Gasteiger partial charge in [0.05, 0.1) is 16.5 Å². The van der Waals surface area contributed by atoms with E-state index in [0.717, 1.165) is 29.3 Å². The summed E-state index contributed by atoms with van der Waals surface area (Å²) in [4.78, 5) is 15.3. The molecule has 2 aromatic rings. The van der Waals surface area contributed by atoms with Crippen LogP contribution in [0.5, 0.6) is 0 Å². The molecule has 3 atom stereocenters. The van der Waals surface area contributed by atoms with E-state index in [-0.39, 0.29) is 16.8 Å². The van der Waals surface area contributed by atoms with E-state index in [9.17, 15) is 4.79 Å². The minimum absolute atomic E-state index is 0.0438. The van der Waals surface area contributed by atoms with E-state index >= 15 is 0 Å². The molecule has 0 bridgehead atoms. The Morgan fingerprint density at radius 3 is 2.54 bits per heavy atom. The lowest BCUT2D eigenvalue weighted by Gasteiger charge is -2.52. The first kappa shape index (κ1) is 18.1. The van der Waals surface area contributed by atoms with Crippen molar-refractivity contribution in [1.82, 2.24) is 4.90 Å². The van der Waals surface area contributed by atoms with E-state index in [4.69, 9.17) is 11.6 Å². The van der Waals surface area contributed by atoms with E-state index in [2.05, 4.69) is 45.1 Å². The summed E-state index contributed by atoms with van der Waals surface area (Å²) in [5.41, 5.74) is 1.93. The Morgan fingerprint density at radius 2 is 1.77 bits per heavy atom. The largest absolute Gasteiger partial charge is 0.331 e. The molecular weight excluding hydrogens is 410 g/mol. The van der Waals surface area contributed by atoms with Gasteiger partial charge in [0.15, 0.2) is 0 Å². The monoisotopic (exact) mass is 431 g/mol. The predicted octanol–water partition coefficient (Wildman–Crippen LogP) is 6.20. The van der Waals surface area contributed by atoms with E-state index in [1.807, 2.05) is 30.3 Å². The van der Waals surface area contributed by atoms with Crippen molar-refractivity contribution in [2.45, 2.75) is 43.0 Å². The molecule has 0 N–H and O–H groups in total. The predicted molar refractivity (Wildman–Crippen MR) is 110 cm³/mol. The summed E-state index contributed by atoms with van der Waals surface area (Å²) in [5, 5.41) is 0. The van der Waals surface area contributed by atoms with Gasteiger partial charge in [0.2, 0.25) is 0 Å². The maximum absolute atomic E-state index is 13.4. The molecule has 136 valence electrons. The zero-order chi connectivity index (χ0) is 18.1. The molecule has 1 saturated heterocycles. The zero-order valence-electron chi connectivity index (χ0n) is 14.7. The number of hydrogen-bond donors (Lipinski definition) is 0. The smallest absolute Gasteiger partial charge is 0.255 e. The van der Waals surface area contributed by atoms with Crippen molar-refractivity contribution in [1.29, 1.82) is 0 Å². The average molecular weight is 433 g/mol. The van der Waals surface area contributed by atoms with Gasteiger partial charge in [-0.05, 0) is 52.9 Å². The second-order valence-corrected chi connectivity index (χ2v) is 9.08. The highest BCUT2D eigenvalue weighted by molar-refractivity contribution is 9.10. The molecule has 1 amide bonds. The molecule has 1 aliphatic carbocycles. The number of hydrogen-bond acceptors (Lipinski definition) is 1. The number of rotatable bonds is 2. The first-order valence-electron chi connectivity index (χ1n) is 9.39. The molecular formula is C22H23BrClNO. The van der Waals surface area contributed by atoms with Crippen molar-refractivity contribution in [3.05, 3.63) is 70.2 Å². The fourth-order valence-corrected chi connectivity index (χ4v) is 5.62. The van der Waals surface area contributed by atoms with Gasteiger partial charge in [-0.15, -0.1) is 11.6 Å². The fraction of sp³-hybridized carbons (Fsp3) is 0.409. The quantitative estimate of drug-likeness (QED) is 0.517. The van der Waals surface area contributed by atoms with Crippen LogP contribution in [0.15, 0.2) is 59.1 Å². The molecule has 4 rings (SSSR count). The number of benzene rings is 2. The summed E-state index contributed by atoms with van der Waals surface area (Å²) in [6, 6.07) is 18.2. The van der Waals surface area contributed by atoms with Crippen molar-refractivity contribution in [2.24, 2.45) is 5.92 Å². The molecule has 1 aliphatic heterocycles. The highest BCUT2D eigenvalue weighted by Gasteiger charge is 2.50. The maximum atomic E-state index is 13.4. The Kier molecular flexibility index (Phi) is 5.11. The van der Waals surface area contributed by atoms with E-state index in [1.165, 1.54) is 18.4 Å². The number of carbonyl (C=O) groups excluding carboxylic acids is 1. The van der Waals surface area contributed by atoms with Crippen LogP contribution in [0.25, 0.3) is 0 Å². The first-order valence-corrected chi connectivity index (χ1v) is 10.6. The molecule has 2 nitrogen and oxygen atoms in total. The minimum Gasteiger partial charge on any atom is -0.331 e. The number of carbonyl (C=O) groups is 1. The number of fused-ring (bicyclic) bond motifs is 1. The Hall–Kier alpha value is -1.32. The molecule has 0 aromatic heterocycles. The minimum atomic E-state index is -0.177. The van der Waals surface area contributed by atoms with Crippen molar-refractivity contribution in [3.63, 3.8) is 0 Å². The van der Waals surface area contributed by atoms with E-state index in [0.29, 0.717) is 12.5 Å². The van der Waals surface area contributed by atoms with Crippen LogP contribution >= 0.6 is 27.5 Å². The van der Waals surface area contributed by atoms with Gasteiger partial charge >= 0.3 is 0 Å². The highest BCUT2D eigenvalue weighted by atomic mass is 79.9. The van der Waals surface area contributed by atoms with Crippen LogP contribution in [0.3, 0.4) is 0 Å². The van der Waals surface area contributed by atoms with Crippen LogP contribution in [-0.4, -0.2) is 22.2 Å². The molecule has 4 heteroatoms. The zero-order valence-corrected chi connectivity index (χ0v) is 17.0. The third-order valence-corrected chi connectivity index (χ3v) is 7.36. The summed E-state index contributed by atoms with van der Waals surface area (Å²) in [6.45, 7) is 0.708. The Labute approximate surface area is 168 Å². The number of amides is 1. The number of nitrogens with zero attached hydrogens (tertiary/aromatic N) is 1. The first-order chi connectivity index (χ1) is 12.6. The van der Waals surface area contributed by atoms with Crippen molar-refractivity contribution >= 4 is 33.4 Å². The van der Waals surface area contributed by atoms with Gasteiger partial charge in [0, 0.05) is 16.9 Å². The van der Waals surface area contributed by atoms with E-state index < -0.39 is 0 Å². The van der Waals surface area contributed by atoms with Crippen LogP contribution in [-0.2, 0) is 0 Å². The number of piperidine rings is 1. The number of alkyl halides is 1. The number of halogens is 2. The highest BCUT2D eigenvalue weighted by Crippen LogP contribution is 2.53. The van der Waals surface area contributed by atoms with Gasteiger partial charge < -0.3 is 4.90 Å². The van der Waals surface area contributed by atoms with Crippen LogP contribution in [0.2, 0.25) is 0 Å². The lowest BCUT2D eigenvalue weighted by molar-refractivity contribution is 0.0279. The molecule has 3 unspecified atom stereocenters. The molecule has 2 aliphatic rings. The van der Waals surface area contributed by atoms with Crippen LogP contribution < -0.4 is 0 Å². The van der Waals surface area contributed by atoms with Crippen LogP contribution in [0.4, 0.5) is 0 Å². The summed E-state index contributed by atoms with van der Waals surface area (Å²) in [6.07, 6.45) is 5.40. The molecule has 26 heavy (non-hydrogen) atoms. The lowest BCUT2D eigenvalue weighted by atomic mass is 9.68. The van der Waals surface area contributed by atoms with Gasteiger partial charge in [-0.3, -0.25) is 4.79 Å². The second-order valence-electron chi connectivity index (χ2n) is 7.47. The molecule has 1 heterocycles. The normalized spacial score (nSPS) is 28.5. The molecule has 2 fully saturated rings. The molecule has 1 saturated carbocycles. The summed E-state index contributed by atoms with van der Waals surface area (Å²) >= 11 is 10.7. The van der Waals surface area contributed by atoms with Crippen LogP contribution in [0, 0.1) is 5.92 Å². The van der Waals surface area contributed by atoms with Gasteiger partial charge in [-0.1, -0.05) is 55.3 Å². The third-order valence-electron chi connectivity index (χ3n) is 6.01. The lowest BCUT2D eigenvalue weighted by Crippen LogP contribution is -2.53. The SMILES string of the molecule is O=C(c1ccccc1Br)N1CCC2(Cl)CCCCC2C1c1ccccc1. The van der Waals surface area contributed by atoms with Gasteiger partial charge in [0.1, 0.15) is 0 Å². The number of likely N-dealkylation sites (tertiary alicyclic amines) is 1. The standard InChI is InChI=1S/C22H23BrClNO/c23-19-12-5-4-10-17(19)21(26)25-15-14-22(24)13-7-6-11-18(22)20(25)16-8-2-1-3-9-16/h1-5,8-10,12,18,20H,6-7,11,13-15H2. The molecule has 2 aromatic carbocycles. The summed E-state index contributed by atoms with van der Waals surface area (Å²) in [7, 11) is 0. The summed E-state index contributed by atoms with van der Waals surface area (Å²) in [5.74, 6) is 0.399. The topological polar surface area (TPSA) is 20.3 Å². The Bertz CT molecular complexity index is 796. The fourth-order valence-electron chi connectivity index (χ4n) is 4.72. The third kappa shape index (κ3) is 3.20. The summed E-state index contributed by atoms with van der Waals surface area (Å²) < 4.78 is 0.850. The Morgan fingerprint density at radius 1 is 1.04 bits per heavy atom.